The van der Waals surface area contributed by atoms with E-state index in [-0.39, 0.29) is 5.41 Å². The van der Waals surface area contributed by atoms with Gasteiger partial charge in [0.1, 0.15) is 12.4 Å². The number of ether oxygens (including phenoxy) is 1. The Labute approximate surface area is 101 Å². The molecule has 0 atom stereocenters. The zero-order valence-corrected chi connectivity index (χ0v) is 10.2. The summed E-state index contributed by atoms with van der Waals surface area (Å²) >= 11 is 0. The van der Waals surface area contributed by atoms with Crippen molar-refractivity contribution in [2.75, 3.05) is 33.3 Å². The lowest BCUT2D eigenvalue weighted by atomic mass is 9.77. The highest BCUT2D eigenvalue weighted by atomic mass is 16.5. The molecular weight excluding hydrogens is 218 g/mol. The topological polar surface area (TPSA) is 69.2 Å². The largest absolute Gasteiger partial charge is 0.462 e. The van der Waals surface area contributed by atoms with Gasteiger partial charge in [-0.1, -0.05) is 5.10 Å². The van der Waals surface area contributed by atoms with E-state index in [0.717, 1.165) is 38.3 Å². The van der Waals surface area contributed by atoms with Crippen LogP contribution >= 0.6 is 0 Å². The average Bonchev–Trinajstić information content (AvgIpc) is 2.93. The molecule has 0 aliphatic carbocycles. The van der Waals surface area contributed by atoms with Crippen LogP contribution in [0, 0.1) is 0 Å². The van der Waals surface area contributed by atoms with Crippen molar-refractivity contribution in [1.29, 1.82) is 0 Å². The molecule has 2 N–H and O–H groups in total. The summed E-state index contributed by atoms with van der Waals surface area (Å²) in [6, 6.07) is 0.659. The molecule has 1 fully saturated rings. The van der Waals surface area contributed by atoms with E-state index < -0.39 is 0 Å². The Morgan fingerprint density at radius 3 is 2.76 bits per heavy atom. The number of hydrogen-bond donors (Lipinski definition) is 1. The van der Waals surface area contributed by atoms with Crippen LogP contribution in [0.4, 0.5) is 0 Å². The SMILES string of the molecule is CN1CCC(CN)(c2nnc3n2CCO3)CC1. The van der Waals surface area contributed by atoms with Crippen LogP contribution in [0.15, 0.2) is 0 Å². The highest BCUT2D eigenvalue weighted by Crippen LogP contribution is 2.35. The number of nitrogens with zero attached hydrogens (tertiary/aromatic N) is 4. The monoisotopic (exact) mass is 237 g/mol. The Morgan fingerprint density at radius 1 is 1.29 bits per heavy atom. The predicted molar refractivity (Wildman–Crippen MR) is 63.0 cm³/mol. The van der Waals surface area contributed by atoms with Gasteiger partial charge in [0.25, 0.3) is 0 Å². The van der Waals surface area contributed by atoms with Crippen molar-refractivity contribution in [2.45, 2.75) is 24.8 Å². The minimum absolute atomic E-state index is 0.00847. The van der Waals surface area contributed by atoms with Crippen LogP contribution in [0.25, 0.3) is 0 Å². The summed E-state index contributed by atoms with van der Waals surface area (Å²) in [5.74, 6) is 1.03. The van der Waals surface area contributed by atoms with E-state index in [4.69, 9.17) is 10.5 Å². The minimum atomic E-state index is -0.00847. The van der Waals surface area contributed by atoms with Crippen molar-refractivity contribution in [3.05, 3.63) is 5.82 Å². The molecule has 0 spiro atoms. The fourth-order valence-electron chi connectivity index (χ4n) is 2.78. The first-order chi connectivity index (χ1) is 8.25. The predicted octanol–water partition coefficient (Wildman–Crippen LogP) is -0.407. The Balaban J connectivity index is 1.94. The first-order valence-electron chi connectivity index (χ1n) is 6.20. The number of piperidine rings is 1. The summed E-state index contributed by atoms with van der Waals surface area (Å²) in [5.41, 5.74) is 6.02. The number of likely N-dealkylation sites (tertiary alicyclic amines) is 1. The molecule has 1 saturated heterocycles. The van der Waals surface area contributed by atoms with Crippen LogP contribution < -0.4 is 10.5 Å². The number of fused-ring (bicyclic) bond motifs is 1. The van der Waals surface area contributed by atoms with Crippen molar-refractivity contribution in [1.82, 2.24) is 19.7 Å². The summed E-state index contributed by atoms with van der Waals surface area (Å²) in [4.78, 5) is 2.34. The molecule has 6 nitrogen and oxygen atoms in total. The van der Waals surface area contributed by atoms with Crippen molar-refractivity contribution in [3.8, 4) is 6.01 Å². The van der Waals surface area contributed by atoms with Gasteiger partial charge in [0.15, 0.2) is 0 Å². The van der Waals surface area contributed by atoms with Crippen LogP contribution in [-0.2, 0) is 12.0 Å². The summed E-state index contributed by atoms with van der Waals surface area (Å²) in [5, 5.41) is 8.42. The van der Waals surface area contributed by atoms with Gasteiger partial charge in [-0.05, 0) is 33.0 Å². The van der Waals surface area contributed by atoms with Gasteiger partial charge in [-0.25, -0.2) is 0 Å². The maximum atomic E-state index is 6.03. The third-order valence-electron chi connectivity index (χ3n) is 4.07. The molecule has 94 valence electrons. The van der Waals surface area contributed by atoms with E-state index in [1.54, 1.807) is 0 Å². The van der Waals surface area contributed by atoms with Crippen LogP contribution in [0.5, 0.6) is 6.01 Å². The lowest BCUT2D eigenvalue weighted by molar-refractivity contribution is 0.181. The number of rotatable bonds is 2. The quantitative estimate of drug-likeness (QED) is 0.757. The third kappa shape index (κ3) is 1.63. The molecule has 0 radical (unpaired) electrons. The standard InChI is InChI=1S/C11H19N5O/c1-15-4-2-11(8-12,3-5-15)9-13-14-10-16(9)6-7-17-10/h2-8,12H2,1H3. The summed E-state index contributed by atoms with van der Waals surface area (Å²) in [6.45, 7) is 4.34. The normalized spacial score (nSPS) is 23.4. The molecule has 0 unspecified atom stereocenters. The Bertz CT molecular complexity index is 408. The van der Waals surface area contributed by atoms with E-state index >= 15 is 0 Å². The molecule has 1 aromatic rings. The van der Waals surface area contributed by atoms with Crippen molar-refractivity contribution in [3.63, 3.8) is 0 Å². The van der Waals surface area contributed by atoms with E-state index in [2.05, 4.69) is 26.7 Å². The lowest BCUT2D eigenvalue weighted by Gasteiger charge is -2.38. The van der Waals surface area contributed by atoms with Gasteiger partial charge in [0.05, 0.1) is 6.54 Å². The van der Waals surface area contributed by atoms with Crippen molar-refractivity contribution >= 4 is 0 Å². The molecule has 0 bridgehead atoms. The van der Waals surface area contributed by atoms with Gasteiger partial charge in [-0.2, -0.15) is 0 Å². The number of aromatic nitrogens is 3. The molecule has 3 rings (SSSR count). The molecule has 0 amide bonds. The molecule has 2 aliphatic heterocycles. The van der Waals surface area contributed by atoms with E-state index in [1.807, 2.05) is 0 Å². The molecule has 0 aromatic carbocycles. The summed E-state index contributed by atoms with van der Waals surface area (Å²) in [7, 11) is 2.15. The Hall–Kier alpha value is -1.14. The van der Waals surface area contributed by atoms with Crippen LogP contribution in [-0.4, -0.2) is 53.0 Å². The number of nitrogens with two attached hydrogens (primary N) is 1. The highest BCUT2D eigenvalue weighted by Gasteiger charge is 2.40. The molecule has 2 aliphatic rings. The van der Waals surface area contributed by atoms with Gasteiger partial charge in [-0.3, -0.25) is 4.57 Å². The summed E-state index contributed by atoms with van der Waals surface area (Å²) < 4.78 is 7.51. The molecule has 1 aromatic heterocycles. The molecule has 6 heteroatoms. The molecular formula is C11H19N5O. The van der Waals surface area contributed by atoms with E-state index in [9.17, 15) is 0 Å². The lowest BCUT2D eigenvalue weighted by Crippen LogP contribution is -2.47. The zero-order valence-electron chi connectivity index (χ0n) is 10.2. The Kier molecular flexibility index (Phi) is 2.56. The second-order valence-corrected chi connectivity index (χ2v) is 5.09. The third-order valence-corrected chi connectivity index (χ3v) is 4.07. The van der Waals surface area contributed by atoms with Crippen LogP contribution in [0.2, 0.25) is 0 Å². The first kappa shape index (κ1) is 11.0. The summed E-state index contributed by atoms with van der Waals surface area (Å²) in [6.07, 6.45) is 2.11. The second-order valence-electron chi connectivity index (χ2n) is 5.09. The van der Waals surface area contributed by atoms with Gasteiger partial charge in [-0.15, -0.1) is 5.10 Å². The molecule has 0 saturated carbocycles. The average molecular weight is 237 g/mol. The molecule has 3 heterocycles. The van der Waals surface area contributed by atoms with E-state index in [1.165, 1.54) is 0 Å². The van der Waals surface area contributed by atoms with Crippen molar-refractivity contribution in [2.24, 2.45) is 5.73 Å². The zero-order chi connectivity index (χ0) is 11.9. The van der Waals surface area contributed by atoms with Gasteiger partial charge < -0.3 is 15.4 Å². The first-order valence-corrected chi connectivity index (χ1v) is 6.20. The van der Waals surface area contributed by atoms with Crippen LogP contribution in [0.3, 0.4) is 0 Å². The Morgan fingerprint density at radius 2 is 2.06 bits per heavy atom. The highest BCUT2D eigenvalue weighted by molar-refractivity contribution is 5.17. The van der Waals surface area contributed by atoms with Gasteiger partial charge >= 0.3 is 6.01 Å². The second kappa shape index (κ2) is 3.96. The maximum Gasteiger partial charge on any atom is 0.317 e. The minimum Gasteiger partial charge on any atom is -0.462 e. The van der Waals surface area contributed by atoms with Crippen LogP contribution in [0.1, 0.15) is 18.7 Å². The smallest absolute Gasteiger partial charge is 0.317 e. The van der Waals surface area contributed by atoms with E-state index in [0.29, 0.717) is 19.2 Å². The fraction of sp³-hybridized carbons (Fsp3) is 0.818. The number of hydrogen-bond acceptors (Lipinski definition) is 5. The van der Waals surface area contributed by atoms with Gasteiger partial charge in [0.2, 0.25) is 0 Å². The maximum absolute atomic E-state index is 6.03. The fourth-order valence-corrected chi connectivity index (χ4v) is 2.78. The molecule has 17 heavy (non-hydrogen) atoms. The van der Waals surface area contributed by atoms with Crippen molar-refractivity contribution < 1.29 is 4.74 Å². The van der Waals surface area contributed by atoms with Gasteiger partial charge in [0, 0.05) is 12.0 Å².